The van der Waals surface area contributed by atoms with Gasteiger partial charge in [-0.1, -0.05) is 6.07 Å². The molecule has 1 aromatic carbocycles. The Morgan fingerprint density at radius 2 is 2.21 bits per heavy atom. The second kappa shape index (κ2) is 5.32. The molecule has 0 amide bonds. The SMILES string of the molecule is OC1CON(C(=S)Nc2cccc(C(F)(F)F)c2)C1. The van der Waals surface area contributed by atoms with Crippen molar-refractivity contribution in [1.82, 2.24) is 5.06 Å². The molecular weight excluding hydrogens is 281 g/mol. The van der Waals surface area contributed by atoms with Crippen molar-refractivity contribution >= 4 is 23.0 Å². The zero-order valence-electron chi connectivity index (χ0n) is 9.65. The third kappa shape index (κ3) is 3.55. The van der Waals surface area contributed by atoms with E-state index in [4.69, 9.17) is 17.1 Å². The van der Waals surface area contributed by atoms with Gasteiger partial charge in [0.15, 0.2) is 5.11 Å². The molecule has 2 rings (SSSR count). The highest BCUT2D eigenvalue weighted by atomic mass is 32.1. The number of rotatable bonds is 1. The van der Waals surface area contributed by atoms with Gasteiger partial charge in [0.2, 0.25) is 0 Å². The van der Waals surface area contributed by atoms with E-state index >= 15 is 0 Å². The number of halogens is 3. The molecule has 4 nitrogen and oxygen atoms in total. The van der Waals surface area contributed by atoms with E-state index in [0.717, 1.165) is 12.1 Å². The summed E-state index contributed by atoms with van der Waals surface area (Å²) in [4.78, 5) is 5.05. The van der Waals surface area contributed by atoms with Crippen LogP contribution in [0, 0.1) is 0 Å². The van der Waals surface area contributed by atoms with Crippen molar-refractivity contribution in [2.75, 3.05) is 18.5 Å². The number of anilines is 1. The summed E-state index contributed by atoms with van der Waals surface area (Å²) in [7, 11) is 0. The molecule has 0 radical (unpaired) electrons. The maximum absolute atomic E-state index is 12.5. The molecule has 8 heteroatoms. The van der Waals surface area contributed by atoms with Crippen LogP contribution in [-0.4, -0.2) is 34.5 Å². The van der Waals surface area contributed by atoms with Gasteiger partial charge in [0.05, 0.1) is 18.2 Å². The van der Waals surface area contributed by atoms with Crippen LogP contribution in [0.3, 0.4) is 0 Å². The first kappa shape index (κ1) is 14.0. The molecule has 1 atom stereocenters. The number of aliphatic hydroxyl groups excluding tert-OH is 1. The summed E-state index contributed by atoms with van der Waals surface area (Å²) in [6, 6.07) is 4.69. The number of thiocarbonyl (C=S) groups is 1. The maximum atomic E-state index is 12.5. The Labute approximate surface area is 112 Å². The largest absolute Gasteiger partial charge is 0.416 e. The lowest BCUT2D eigenvalue weighted by molar-refractivity contribution is -0.137. The van der Waals surface area contributed by atoms with E-state index in [0.29, 0.717) is 0 Å². The molecule has 1 fully saturated rings. The number of hydroxylamine groups is 2. The van der Waals surface area contributed by atoms with Crippen molar-refractivity contribution in [3.05, 3.63) is 29.8 Å². The highest BCUT2D eigenvalue weighted by Crippen LogP contribution is 2.30. The zero-order valence-corrected chi connectivity index (χ0v) is 10.5. The quantitative estimate of drug-likeness (QED) is 0.775. The second-order valence-corrected chi connectivity index (χ2v) is 4.41. The molecule has 2 N–H and O–H groups in total. The van der Waals surface area contributed by atoms with Gasteiger partial charge in [-0.05, 0) is 30.4 Å². The second-order valence-electron chi connectivity index (χ2n) is 4.02. The lowest BCUT2D eigenvalue weighted by Crippen LogP contribution is -2.32. The number of aliphatic hydroxyl groups is 1. The average molecular weight is 292 g/mol. The van der Waals surface area contributed by atoms with Crippen molar-refractivity contribution in [2.45, 2.75) is 12.3 Å². The molecule has 0 bridgehead atoms. The summed E-state index contributed by atoms with van der Waals surface area (Å²) in [6.45, 7) is 0.301. The van der Waals surface area contributed by atoms with E-state index in [1.807, 2.05) is 0 Å². The van der Waals surface area contributed by atoms with Crippen molar-refractivity contribution in [2.24, 2.45) is 0 Å². The van der Waals surface area contributed by atoms with Crippen LogP contribution in [0.4, 0.5) is 18.9 Å². The Morgan fingerprint density at radius 1 is 1.47 bits per heavy atom. The Kier molecular flexibility index (Phi) is 3.93. The van der Waals surface area contributed by atoms with Crippen LogP contribution in [0.1, 0.15) is 5.56 Å². The van der Waals surface area contributed by atoms with Gasteiger partial charge in [0.1, 0.15) is 6.61 Å². The van der Waals surface area contributed by atoms with Crippen LogP contribution in [0.25, 0.3) is 0 Å². The molecule has 1 aromatic rings. The fraction of sp³-hybridized carbons (Fsp3) is 0.364. The molecule has 1 aliphatic rings. The van der Waals surface area contributed by atoms with Gasteiger partial charge in [-0.15, -0.1) is 0 Å². The monoisotopic (exact) mass is 292 g/mol. The van der Waals surface area contributed by atoms with Gasteiger partial charge >= 0.3 is 6.18 Å². The highest BCUT2D eigenvalue weighted by molar-refractivity contribution is 7.80. The van der Waals surface area contributed by atoms with Crippen LogP contribution >= 0.6 is 12.2 Å². The molecule has 0 spiro atoms. The van der Waals surface area contributed by atoms with Gasteiger partial charge in [0.25, 0.3) is 0 Å². The summed E-state index contributed by atoms with van der Waals surface area (Å²) in [5, 5.41) is 13.2. The summed E-state index contributed by atoms with van der Waals surface area (Å²) in [5.74, 6) is 0. The van der Waals surface area contributed by atoms with Crippen LogP contribution < -0.4 is 5.32 Å². The third-order valence-electron chi connectivity index (χ3n) is 2.47. The van der Waals surface area contributed by atoms with Crippen molar-refractivity contribution in [3.63, 3.8) is 0 Å². The summed E-state index contributed by atoms with van der Waals surface area (Å²) in [5.41, 5.74) is -0.549. The number of β-amino-alcohol motifs (C(OH)–C–C–N with tert-alkyl or cyclic N) is 1. The van der Waals surface area contributed by atoms with Crippen LogP contribution in [-0.2, 0) is 11.0 Å². The van der Waals surface area contributed by atoms with E-state index in [-0.39, 0.29) is 24.0 Å². The molecule has 104 valence electrons. The number of hydrogen-bond acceptors (Lipinski definition) is 3. The minimum atomic E-state index is -4.40. The van der Waals surface area contributed by atoms with Gasteiger partial charge in [-0.25, -0.2) is 5.06 Å². The minimum Gasteiger partial charge on any atom is -0.389 e. The summed E-state index contributed by atoms with van der Waals surface area (Å²) < 4.78 is 37.6. The van der Waals surface area contributed by atoms with Crippen molar-refractivity contribution in [3.8, 4) is 0 Å². The smallest absolute Gasteiger partial charge is 0.389 e. The zero-order chi connectivity index (χ0) is 14.0. The van der Waals surface area contributed by atoms with Gasteiger partial charge in [-0.2, -0.15) is 13.2 Å². The first-order chi connectivity index (χ1) is 8.86. The standard InChI is InChI=1S/C11H11F3N2O2S/c12-11(13,14)7-2-1-3-8(4-7)15-10(19)16-5-9(17)6-18-16/h1-4,9,17H,5-6H2,(H,15,19). The number of benzene rings is 1. The van der Waals surface area contributed by atoms with Gasteiger partial charge < -0.3 is 10.4 Å². The number of hydrogen-bond donors (Lipinski definition) is 2. The van der Waals surface area contributed by atoms with Gasteiger partial charge in [0, 0.05) is 5.69 Å². The summed E-state index contributed by atoms with van der Waals surface area (Å²) in [6.07, 6.45) is -5.05. The first-order valence-electron chi connectivity index (χ1n) is 5.43. The summed E-state index contributed by atoms with van der Waals surface area (Å²) >= 11 is 4.98. The van der Waals surface area contributed by atoms with Crippen LogP contribution in [0.15, 0.2) is 24.3 Å². The molecule has 1 unspecified atom stereocenters. The van der Waals surface area contributed by atoms with E-state index in [1.165, 1.54) is 17.2 Å². The Bertz CT molecular complexity index is 481. The highest BCUT2D eigenvalue weighted by Gasteiger charge is 2.30. The third-order valence-corrected chi connectivity index (χ3v) is 2.77. The predicted molar refractivity (Wildman–Crippen MR) is 66.3 cm³/mol. The van der Waals surface area contributed by atoms with E-state index < -0.39 is 17.8 Å². The molecule has 0 saturated carbocycles. The molecule has 0 aliphatic carbocycles. The molecule has 1 saturated heterocycles. The Morgan fingerprint density at radius 3 is 2.79 bits per heavy atom. The molecule has 19 heavy (non-hydrogen) atoms. The Hall–Kier alpha value is -1.38. The van der Waals surface area contributed by atoms with Crippen LogP contribution in [0.5, 0.6) is 0 Å². The molecular formula is C11H11F3N2O2S. The molecule has 1 heterocycles. The fourth-order valence-electron chi connectivity index (χ4n) is 1.57. The fourth-order valence-corrected chi connectivity index (χ4v) is 1.82. The molecule has 0 aromatic heterocycles. The Balaban J connectivity index is 2.05. The minimum absolute atomic E-state index is 0.107. The van der Waals surface area contributed by atoms with Crippen molar-refractivity contribution < 1.29 is 23.1 Å². The maximum Gasteiger partial charge on any atom is 0.416 e. The first-order valence-corrected chi connectivity index (χ1v) is 5.84. The lowest BCUT2D eigenvalue weighted by Gasteiger charge is -2.18. The lowest BCUT2D eigenvalue weighted by atomic mass is 10.2. The van der Waals surface area contributed by atoms with Crippen molar-refractivity contribution in [1.29, 1.82) is 0 Å². The average Bonchev–Trinajstić information content (AvgIpc) is 2.75. The van der Waals surface area contributed by atoms with E-state index in [2.05, 4.69) is 5.32 Å². The topological polar surface area (TPSA) is 44.7 Å². The van der Waals surface area contributed by atoms with Gasteiger partial charge in [-0.3, -0.25) is 4.84 Å². The number of nitrogens with zero attached hydrogens (tertiary/aromatic N) is 1. The number of nitrogens with one attached hydrogen (secondary N) is 1. The van der Waals surface area contributed by atoms with E-state index in [9.17, 15) is 18.3 Å². The van der Waals surface area contributed by atoms with Crippen LogP contribution in [0.2, 0.25) is 0 Å². The van der Waals surface area contributed by atoms with E-state index in [1.54, 1.807) is 0 Å². The normalized spacial score (nSPS) is 19.6. The predicted octanol–water partition coefficient (Wildman–Crippen LogP) is 2.01. The molecule has 1 aliphatic heterocycles. The number of alkyl halides is 3.